The number of hydrogen-bond donors (Lipinski definition) is 1. The van der Waals surface area contributed by atoms with Gasteiger partial charge in [-0.05, 0) is 59.6 Å². The molecular weight excluding hydrogens is 296 g/mol. The molecule has 0 aliphatic carbocycles. The smallest absolute Gasteiger partial charge is 0.119 e. The van der Waals surface area contributed by atoms with Crippen LogP contribution in [0, 0.1) is 6.92 Å². The lowest BCUT2D eigenvalue weighted by molar-refractivity contribution is 0.117. The maximum Gasteiger partial charge on any atom is 0.119 e. The van der Waals surface area contributed by atoms with Crippen molar-refractivity contribution in [2.24, 2.45) is 0 Å². The number of phenolic OH excluding ortho intramolecular Hbond substituents is 1. The van der Waals surface area contributed by atoms with Gasteiger partial charge in [-0.15, -0.1) is 0 Å². The van der Waals surface area contributed by atoms with Crippen LogP contribution in [-0.4, -0.2) is 49.3 Å². The summed E-state index contributed by atoms with van der Waals surface area (Å²) in [5, 5.41) is 10.4. The van der Waals surface area contributed by atoms with Crippen molar-refractivity contribution < 1.29 is 5.11 Å². The molecule has 3 nitrogen and oxygen atoms in total. The highest BCUT2D eigenvalue weighted by molar-refractivity contribution is 5.43. The second kappa shape index (κ2) is 8.32. The Labute approximate surface area is 146 Å². The number of nitrogens with zero attached hydrogens (tertiary/aromatic N) is 2. The Morgan fingerprint density at radius 2 is 1.50 bits per heavy atom. The molecule has 0 aromatic heterocycles. The number of benzene rings is 2. The predicted octanol–water partition coefficient (Wildman–Crippen LogP) is 4.06. The Bertz CT molecular complexity index is 630. The predicted molar refractivity (Wildman–Crippen MR) is 102 cm³/mol. The van der Waals surface area contributed by atoms with Crippen LogP contribution in [0.2, 0.25) is 0 Å². The number of aromatic hydroxyl groups is 1. The molecule has 0 unspecified atom stereocenters. The molecule has 1 N–H and O–H groups in total. The fraction of sp³-hybridized carbons (Fsp3) is 0.429. The van der Waals surface area contributed by atoms with Crippen molar-refractivity contribution in [3.63, 3.8) is 0 Å². The van der Waals surface area contributed by atoms with E-state index in [-0.39, 0.29) is 5.92 Å². The molecule has 3 heteroatoms. The van der Waals surface area contributed by atoms with E-state index in [0.717, 1.165) is 18.4 Å². The van der Waals surface area contributed by atoms with Crippen LogP contribution in [-0.2, 0) is 0 Å². The van der Waals surface area contributed by atoms with Gasteiger partial charge in [0.2, 0.25) is 0 Å². The van der Waals surface area contributed by atoms with E-state index in [9.17, 15) is 5.11 Å². The fourth-order valence-electron chi connectivity index (χ4n) is 3.43. The van der Waals surface area contributed by atoms with Crippen molar-refractivity contribution in [1.82, 2.24) is 9.80 Å². The third-order valence-electron chi connectivity index (χ3n) is 4.67. The Morgan fingerprint density at radius 3 is 2.08 bits per heavy atom. The Kier molecular flexibility index (Phi) is 6.41. The number of hydrogen-bond acceptors (Lipinski definition) is 3. The van der Waals surface area contributed by atoms with E-state index in [1.165, 1.54) is 11.1 Å². The van der Waals surface area contributed by atoms with E-state index in [0.29, 0.717) is 11.9 Å². The monoisotopic (exact) mass is 326 g/mol. The van der Waals surface area contributed by atoms with Crippen LogP contribution in [0.15, 0.2) is 48.5 Å². The molecule has 24 heavy (non-hydrogen) atoms. The quantitative estimate of drug-likeness (QED) is 0.777. The number of phenols is 1. The molecule has 0 aliphatic heterocycles. The van der Waals surface area contributed by atoms with Crippen molar-refractivity contribution in [3.8, 4) is 5.75 Å². The second-order valence-corrected chi connectivity index (χ2v) is 7.01. The van der Waals surface area contributed by atoms with Crippen LogP contribution in [0.3, 0.4) is 0 Å². The highest BCUT2D eigenvalue weighted by atomic mass is 16.3. The standard InChI is InChI=1S/C21H30N2O/c1-16-11-13-20(24)19(15-16)18(17-9-7-6-8-10-17)12-14-21(22(2)3)23(4)5/h6-11,13,15,18,21,24H,12,14H2,1-5H3/t18-/m0/s1. The van der Waals surface area contributed by atoms with Crippen molar-refractivity contribution in [2.75, 3.05) is 28.2 Å². The lowest BCUT2D eigenvalue weighted by Crippen LogP contribution is -2.40. The van der Waals surface area contributed by atoms with Crippen LogP contribution in [0.1, 0.15) is 35.4 Å². The van der Waals surface area contributed by atoms with E-state index in [4.69, 9.17) is 0 Å². The lowest BCUT2D eigenvalue weighted by Gasteiger charge is -2.32. The minimum Gasteiger partial charge on any atom is -0.508 e. The summed E-state index contributed by atoms with van der Waals surface area (Å²) in [6.07, 6.45) is 2.40. The summed E-state index contributed by atoms with van der Waals surface area (Å²) in [4.78, 5) is 4.50. The topological polar surface area (TPSA) is 26.7 Å². The maximum absolute atomic E-state index is 10.4. The molecule has 2 aromatic carbocycles. The molecule has 2 aromatic rings. The van der Waals surface area contributed by atoms with Crippen molar-refractivity contribution in [1.29, 1.82) is 0 Å². The number of rotatable bonds is 7. The van der Waals surface area contributed by atoms with E-state index in [1.807, 2.05) is 18.2 Å². The first kappa shape index (κ1) is 18.5. The van der Waals surface area contributed by atoms with E-state index in [2.05, 4.69) is 75.2 Å². The average molecular weight is 326 g/mol. The molecule has 0 radical (unpaired) electrons. The summed E-state index contributed by atoms with van der Waals surface area (Å²) in [5.74, 6) is 0.592. The maximum atomic E-state index is 10.4. The zero-order valence-electron chi connectivity index (χ0n) is 15.5. The molecule has 130 valence electrons. The first-order chi connectivity index (χ1) is 11.4. The molecule has 0 aliphatic rings. The molecule has 0 saturated carbocycles. The summed E-state index contributed by atoms with van der Waals surface area (Å²) >= 11 is 0. The zero-order valence-corrected chi connectivity index (χ0v) is 15.5. The van der Waals surface area contributed by atoms with Gasteiger partial charge in [0.25, 0.3) is 0 Å². The third-order valence-corrected chi connectivity index (χ3v) is 4.67. The molecule has 1 atom stereocenters. The molecule has 0 heterocycles. The van der Waals surface area contributed by atoms with Gasteiger partial charge in [0.05, 0.1) is 6.17 Å². The Hall–Kier alpha value is -1.84. The molecule has 0 spiro atoms. The van der Waals surface area contributed by atoms with Crippen LogP contribution in [0.5, 0.6) is 5.75 Å². The van der Waals surface area contributed by atoms with Crippen molar-refractivity contribution >= 4 is 0 Å². The average Bonchev–Trinajstić information content (AvgIpc) is 2.54. The normalized spacial score (nSPS) is 13.0. The van der Waals surface area contributed by atoms with Gasteiger partial charge in [0.15, 0.2) is 0 Å². The van der Waals surface area contributed by atoms with Gasteiger partial charge in [-0.25, -0.2) is 0 Å². The summed E-state index contributed by atoms with van der Waals surface area (Å²) in [7, 11) is 8.47. The van der Waals surface area contributed by atoms with Gasteiger partial charge in [0.1, 0.15) is 5.75 Å². The lowest BCUT2D eigenvalue weighted by atomic mass is 9.85. The van der Waals surface area contributed by atoms with E-state index in [1.54, 1.807) is 0 Å². The van der Waals surface area contributed by atoms with Gasteiger partial charge in [-0.3, -0.25) is 9.80 Å². The Balaban J connectivity index is 2.32. The summed E-state index contributed by atoms with van der Waals surface area (Å²) in [6.45, 7) is 2.08. The highest BCUT2D eigenvalue weighted by Crippen LogP contribution is 2.36. The minimum atomic E-state index is 0.202. The Morgan fingerprint density at radius 1 is 0.875 bits per heavy atom. The van der Waals surface area contributed by atoms with Crippen LogP contribution in [0.25, 0.3) is 0 Å². The molecule has 0 fully saturated rings. The summed E-state index contributed by atoms with van der Waals surface area (Å²) in [5.41, 5.74) is 3.47. The van der Waals surface area contributed by atoms with E-state index >= 15 is 0 Å². The molecular formula is C21H30N2O. The summed E-state index contributed by atoms with van der Waals surface area (Å²) in [6, 6.07) is 16.4. The minimum absolute atomic E-state index is 0.202. The molecule has 0 saturated heterocycles. The number of aryl methyl sites for hydroxylation is 1. The first-order valence-corrected chi connectivity index (χ1v) is 8.57. The SMILES string of the molecule is Cc1ccc(O)c([C@@H](CCC(N(C)C)N(C)C)c2ccccc2)c1. The van der Waals surface area contributed by atoms with Crippen molar-refractivity contribution in [3.05, 3.63) is 65.2 Å². The zero-order chi connectivity index (χ0) is 17.7. The van der Waals surface area contributed by atoms with Gasteiger partial charge >= 0.3 is 0 Å². The molecule has 0 amide bonds. The molecule has 2 rings (SSSR count). The first-order valence-electron chi connectivity index (χ1n) is 8.57. The third kappa shape index (κ3) is 4.59. The van der Waals surface area contributed by atoms with Gasteiger partial charge in [0, 0.05) is 11.5 Å². The van der Waals surface area contributed by atoms with E-state index < -0.39 is 0 Å². The highest BCUT2D eigenvalue weighted by Gasteiger charge is 2.21. The second-order valence-electron chi connectivity index (χ2n) is 7.01. The van der Waals surface area contributed by atoms with Crippen LogP contribution >= 0.6 is 0 Å². The van der Waals surface area contributed by atoms with Crippen molar-refractivity contribution in [2.45, 2.75) is 31.8 Å². The van der Waals surface area contributed by atoms with Gasteiger partial charge in [-0.1, -0.05) is 48.0 Å². The summed E-state index contributed by atoms with van der Waals surface area (Å²) < 4.78 is 0. The largest absolute Gasteiger partial charge is 0.508 e. The van der Waals surface area contributed by atoms with Crippen LogP contribution in [0.4, 0.5) is 0 Å². The fourth-order valence-corrected chi connectivity index (χ4v) is 3.43. The van der Waals surface area contributed by atoms with Gasteiger partial charge in [-0.2, -0.15) is 0 Å². The van der Waals surface area contributed by atoms with Crippen LogP contribution < -0.4 is 0 Å². The van der Waals surface area contributed by atoms with Gasteiger partial charge < -0.3 is 5.11 Å². The molecule has 0 bridgehead atoms.